The minimum Gasteiger partial charge on any atom is -0.398 e. The van der Waals surface area contributed by atoms with Gasteiger partial charge >= 0.3 is 0 Å². The Morgan fingerprint density at radius 2 is 2.17 bits per heavy atom. The van der Waals surface area contributed by atoms with Crippen molar-refractivity contribution < 1.29 is 4.79 Å². The van der Waals surface area contributed by atoms with Crippen LogP contribution in [-0.4, -0.2) is 10.9 Å². The molecule has 0 atom stereocenters. The van der Waals surface area contributed by atoms with E-state index in [1.54, 1.807) is 6.92 Å². The number of benzene rings is 1. The predicted molar refractivity (Wildman–Crippen MR) is 79.6 cm³/mol. The fraction of sp³-hybridized carbons (Fsp3) is 0.400. The summed E-state index contributed by atoms with van der Waals surface area (Å²) in [7, 11) is 0. The Bertz CT molecular complexity index is 483. The van der Waals surface area contributed by atoms with Crippen molar-refractivity contribution in [1.29, 1.82) is 0 Å². The van der Waals surface area contributed by atoms with Crippen LogP contribution in [0, 0.1) is 11.8 Å². The van der Waals surface area contributed by atoms with Gasteiger partial charge in [-0.3, -0.25) is 4.79 Å². The van der Waals surface area contributed by atoms with E-state index in [1.807, 2.05) is 18.2 Å². The van der Waals surface area contributed by atoms with Gasteiger partial charge in [-0.1, -0.05) is 43.5 Å². The molecule has 0 saturated heterocycles. The second kappa shape index (κ2) is 7.13. The molecular weight excluding hydrogens is 242 g/mol. The van der Waals surface area contributed by atoms with Crippen molar-refractivity contribution >= 4 is 22.6 Å². The summed E-state index contributed by atoms with van der Waals surface area (Å²) in [4.78, 5) is 10.7. The fourth-order valence-electron chi connectivity index (χ4n) is 1.44. The second-order valence-electron chi connectivity index (χ2n) is 4.39. The third-order valence-electron chi connectivity index (χ3n) is 2.50. The molecule has 96 valence electrons. The second-order valence-corrected chi connectivity index (χ2v) is 5.67. The van der Waals surface area contributed by atoms with Gasteiger partial charge in [0, 0.05) is 30.3 Å². The normalized spacial score (nSPS) is 10.0. The van der Waals surface area contributed by atoms with E-state index in [1.165, 1.54) is 17.3 Å². The van der Waals surface area contributed by atoms with E-state index in [0.717, 1.165) is 11.3 Å². The standard InChI is InChI=1S/C15H19NOS/c1-11(2)13-7-8-15(16)14(10-13)6-4-5-9-18-12(3)17/h7-8,10-11H,5,9,16H2,1-3H3. The van der Waals surface area contributed by atoms with Crippen LogP contribution in [0.25, 0.3) is 0 Å². The number of anilines is 1. The maximum absolute atomic E-state index is 10.7. The highest BCUT2D eigenvalue weighted by Crippen LogP contribution is 2.19. The number of hydrogen-bond acceptors (Lipinski definition) is 3. The van der Waals surface area contributed by atoms with E-state index >= 15 is 0 Å². The summed E-state index contributed by atoms with van der Waals surface area (Å²) < 4.78 is 0. The van der Waals surface area contributed by atoms with Crippen LogP contribution in [0.5, 0.6) is 0 Å². The zero-order valence-corrected chi connectivity index (χ0v) is 11.9. The van der Waals surface area contributed by atoms with Gasteiger partial charge in [0.1, 0.15) is 0 Å². The highest BCUT2D eigenvalue weighted by Gasteiger charge is 2.02. The number of carbonyl (C=O) groups excluding carboxylic acids is 1. The van der Waals surface area contributed by atoms with Gasteiger partial charge in [-0.15, -0.1) is 0 Å². The number of nitrogens with two attached hydrogens (primary N) is 1. The summed E-state index contributed by atoms with van der Waals surface area (Å²) in [6.07, 6.45) is 0.704. The van der Waals surface area contributed by atoms with E-state index in [2.05, 4.69) is 25.7 Å². The van der Waals surface area contributed by atoms with E-state index in [0.29, 0.717) is 18.0 Å². The van der Waals surface area contributed by atoms with Gasteiger partial charge < -0.3 is 5.73 Å². The lowest BCUT2D eigenvalue weighted by molar-refractivity contribution is -0.109. The summed E-state index contributed by atoms with van der Waals surface area (Å²) in [5, 5.41) is 0.137. The first-order valence-corrected chi connectivity index (χ1v) is 7.01. The molecule has 1 rings (SSSR count). The van der Waals surface area contributed by atoms with Crippen molar-refractivity contribution in [2.24, 2.45) is 0 Å². The fourth-order valence-corrected chi connectivity index (χ4v) is 1.94. The quantitative estimate of drug-likeness (QED) is 0.515. The number of thioether (sulfide) groups is 1. The van der Waals surface area contributed by atoms with Gasteiger partial charge in [0.15, 0.2) is 5.12 Å². The van der Waals surface area contributed by atoms with Gasteiger partial charge in [-0.05, 0) is 23.6 Å². The Kier molecular flexibility index (Phi) is 5.80. The molecule has 0 heterocycles. The monoisotopic (exact) mass is 261 g/mol. The lowest BCUT2D eigenvalue weighted by Crippen LogP contribution is -1.94. The summed E-state index contributed by atoms with van der Waals surface area (Å²) in [6, 6.07) is 5.99. The Morgan fingerprint density at radius 1 is 1.44 bits per heavy atom. The molecule has 0 aliphatic carbocycles. The molecule has 0 aliphatic heterocycles. The van der Waals surface area contributed by atoms with Crippen LogP contribution in [0.1, 0.15) is 44.2 Å². The minimum absolute atomic E-state index is 0.137. The molecule has 0 aromatic heterocycles. The van der Waals surface area contributed by atoms with Crippen LogP contribution in [0.2, 0.25) is 0 Å². The van der Waals surface area contributed by atoms with Crippen molar-refractivity contribution in [3.8, 4) is 11.8 Å². The first kappa shape index (κ1) is 14.7. The molecule has 0 aliphatic rings. The molecule has 1 aromatic carbocycles. The summed E-state index contributed by atoms with van der Waals surface area (Å²) in [6.45, 7) is 5.86. The van der Waals surface area contributed by atoms with Crippen LogP contribution in [0.15, 0.2) is 18.2 Å². The van der Waals surface area contributed by atoms with Crippen LogP contribution in [-0.2, 0) is 4.79 Å². The zero-order valence-electron chi connectivity index (χ0n) is 11.1. The Hall–Kier alpha value is -1.40. The third-order valence-corrected chi connectivity index (χ3v) is 3.31. The molecular formula is C15H19NOS. The topological polar surface area (TPSA) is 43.1 Å². The van der Waals surface area contributed by atoms with E-state index in [4.69, 9.17) is 5.73 Å². The van der Waals surface area contributed by atoms with Crippen molar-refractivity contribution in [2.45, 2.75) is 33.1 Å². The Labute approximate surface area is 113 Å². The molecule has 0 radical (unpaired) electrons. The smallest absolute Gasteiger partial charge is 0.185 e. The number of nitrogen functional groups attached to an aromatic ring is 1. The minimum atomic E-state index is 0.137. The lowest BCUT2D eigenvalue weighted by Gasteiger charge is -2.07. The zero-order chi connectivity index (χ0) is 13.5. The highest BCUT2D eigenvalue weighted by atomic mass is 32.2. The molecule has 0 bridgehead atoms. The molecule has 2 nitrogen and oxygen atoms in total. The van der Waals surface area contributed by atoms with Crippen molar-refractivity contribution in [3.63, 3.8) is 0 Å². The molecule has 18 heavy (non-hydrogen) atoms. The molecule has 0 spiro atoms. The molecule has 0 unspecified atom stereocenters. The molecule has 3 heteroatoms. The van der Waals surface area contributed by atoms with E-state index in [9.17, 15) is 4.79 Å². The predicted octanol–water partition coefficient (Wildman–Crippen LogP) is 3.41. The lowest BCUT2D eigenvalue weighted by atomic mass is 10.00. The molecule has 0 fully saturated rings. The number of hydrogen-bond donors (Lipinski definition) is 1. The van der Waals surface area contributed by atoms with Gasteiger partial charge in [0.25, 0.3) is 0 Å². The van der Waals surface area contributed by atoms with Crippen molar-refractivity contribution in [2.75, 3.05) is 11.5 Å². The van der Waals surface area contributed by atoms with Crippen LogP contribution in [0.3, 0.4) is 0 Å². The van der Waals surface area contributed by atoms with Gasteiger partial charge in [-0.2, -0.15) is 0 Å². The first-order valence-electron chi connectivity index (χ1n) is 6.02. The molecule has 0 saturated carbocycles. The van der Waals surface area contributed by atoms with E-state index in [-0.39, 0.29) is 5.12 Å². The maximum Gasteiger partial charge on any atom is 0.185 e. The van der Waals surface area contributed by atoms with Crippen molar-refractivity contribution in [1.82, 2.24) is 0 Å². The largest absolute Gasteiger partial charge is 0.398 e. The first-order chi connectivity index (χ1) is 8.50. The SMILES string of the molecule is CC(=O)SCCC#Cc1cc(C(C)C)ccc1N. The van der Waals surface area contributed by atoms with Gasteiger partial charge in [-0.25, -0.2) is 0 Å². The molecule has 1 aromatic rings. The Morgan fingerprint density at radius 3 is 2.78 bits per heavy atom. The summed E-state index contributed by atoms with van der Waals surface area (Å²) in [5.41, 5.74) is 8.73. The molecule has 0 amide bonds. The Balaban J connectivity index is 2.69. The van der Waals surface area contributed by atoms with E-state index < -0.39 is 0 Å². The number of rotatable bonds is 3. The van der Waals surface area contributed by atoms with Crippen LogP contribution in [0.4, 0.5) is 5.69 Å². The van der Waals surface area contributed by atoms with Gasteiger partial charge in [0.2, 0.25) is 0 Å². The third kappa shape index (κ3) is 4.85. The van der Waals surface area contributed by atoms with Crippen molar-refractivity contribution in [3.05, 3.63) is 29.3 Å². The average molecular weight is 261 g/mol. The van der Waals surface area contributed by atoms with Crippen LogP contribution < -0.4 is 5.73 Å². The number of carbonyl (C=O) groups is 1. The van der Waals surface area contributed by atoms with Crippen LogP contribution >= 0.6 is 11.8 Å². The molecule has 2 N–H and O–H groups in total. The summed E-state index contributed by atoms with van der Waals surface area (Å²) in [5.74, 6) is 7.36. The van der Waals surface area contributed by atoms with Gasteiger partial charge in [0.05, 0.1) is 0 Å². The summed E-state index contributed by atoms with van der Waals surface area (Å²) >= 11 is 1.31. The average Bonchev–Trinajstić information content (AvgIpc) is 2.30. The maximum atomic E-state index is 10.7. The highest BCUT2D eigenvalue weighted by molar-refractivity contribution is 8.13.